The van der Waals surface area contributed by atoms with Crippen molar-refractivity contribution < 1.29 is 19.4 Å². The van der Waals surface area contributed by atoms with E-state index in [2.05, 4.69) is 55.8 Å². The van der Waals surface area contributed by atoms with E-state index >= 15 is 0 Å². The second-order valence-corrected chi connectivity index (χ2v) is 8.74. The van der Waals surface area contributed by atoms with Crippen LogP contribution in [-0.4, -0.2) is 40.8 Å². The summed E-state index contributed by atoms with van der Waals surface area (Å²) in [6.07, 6.45) is 3.98. The highest BCUT2D eigenvalue weighted by Gasteiger charge is 2.94. The fraction of sp³-hybridized carbons (Fsp3) is 0.824. The summed E-state index contributed by atoms with van der Waals surface area (Å²) >= 11 is 3.42. The van der Waals surface area contributed by atoms with Gasteiger partial charge in [0.25, 0.3) is 0 Å². The zero-order chi connectivity index (χ0) is 16.8. The van der Waals surface area contributed by atoms with Crippen molar-refractivity contribution in [3.8, 4) is 0 Å². The number of aliphatic hydroxyl groups is 1. The van der Waals surface area contributed by atoms with Crippen molar-refractivity contribution in [3.05, 3.63) is 12.2 Å². The lowest BCUT2D eigenvalue weighted by Gasteiger charge is -2.67. The Balaban J connectivity index is 2.10. The third kappa shape index (κ3) is 1.36. The summed E-state index contributed by atoms with van der Waals surface area (Å²) < 4.78 is 10.9. The Bertz CT molecular complexity index is 569. The normalized spacial score (nSPS) is 50.2. The van der Waals surface area contributed by atoms with E-state index in [0.717, 1.165) is 0 Å². The molecule has 0 radical (unpaired) electrons. The number of epoxide rings is 1. The molecule has 5 heteroatoms. The van der Waals surface area contributed by atoms with Crippen LogP contribution in [0.4, 0.5) is 0 Å². The second-order valence-electron chi connectivity index (χ2n) is 8.18. The van der Waals surface area contributed by atoms with Crippen molar-refractivity contribution in [2.45, 2.75) is 51.9 Å². The Labute approximate surface area is 140 Å². The number of alkyl halides is 1. The Morgan fingerprint density at radius 3 is 2.50 bits per heavy atom. The average molecular weight is 373 g/mol. The number of ether oxygens (including phenoxy) is 2. The molecule has 2 aliphatic carbocycles. The number of fused-ring (bicyclic) bond motifs is 4. The van der Waals surface area contributed by atoms with Crippen molar-refractivity contribution in [3.63, 3.8) is 0 Å². The Morgan fingerprint density at radius 1 is 1.41 bits per heavy atom. The zero-order valence-electron chi connectivity index (χ0n) is 14.1. The van der Waals surface area contributed by atoms with Crippen molar-refractivity contribution in [1.29, 1.82) is 0 Å². The molecule has 0 bridgehead atoms. The SMILES string of the molecule is COC(=O)[C@@]12O[C@@H]1C1(C)C(C)(C)C([C@](C)(O)CBr)C=CC12C. The summed E-state index contributed by atoms with van der Waals surface area (Å²) in [5.74, 6) is -0.319. The maximum atomic E-state index is 12.3. The predicted molar refractivity (Wildman–Crippen MR) is 86.7 cm³/mol. The minimum absolute atomic E-state index is 0.0303. The van der Waals surface area contributed by atoms with Gasteiger partial charge in [0.15, 0.2) is 0 Å². The highest BCUT2D eigenvalue weighted by molar-refractivity contribution is 9.09. The first-order valence-electron chi connectivity index (χ1n) is 7.71. The van der Waals surface area contributed by atoms with Crippen LogP contribution in [0.25, 0.3) is 0 Å². The number of carbonyl (C=O) groups excluding carboxylic acids is 1. The largest absolute Gasteiger partial charge is 0.467 e. The van der Waals surface area contributed by atoms with Crippen LogP contribution in [0.3, 0.4) is 0 Å². The van der Waals surface area contributed by atoms with Crippen LogP contribution in [0.1, 0.15) is 34.6 Å². The number of hydrogen-bond donors (Lipinski definition) is 1. The minimum atomic E-state index is -0.858. The summed E-state index contributed by atoms with van der Waals surface area (Å²) in [4.78, 5) is 12.3. The maximum absolute atomic E-state index is 12.3. The molecule has 22 heavy (non-hydrogen) atoms. The zero-order valence-corrected chi connectivity index (χ0v) is 15.7. The molecular weight excluding hydrogens is 348 g/mol. The predicted octanol–water partition coefficient (Wildman–Crippen LogP) is 2.68. The van der Waals surface area contributed by atoms with Crippen LogP contribution < -0.4 is 0 Å². The highest BCUT2D eigenvalue weighted by Crippen LogP contribution is 2.83. The number of rotatable bonds is 3. The number of methoxy groups -OCH3 is 1. The Hall–Kier alpha value is -0.390. The van der Waals surface area contributed by atoms with Gasteiger partial charge in [-0.3, -0.25) is 0 Å². The van der Waals surface area contributed by atoms with Gasteiger partial charge in [-0.05, 0) is 12.3 Å². The standard InChI is InChI=1S/C17H25BrO4/c1-13(2)10(14(3,20)9-18)7-8-15(4)16(13,5)11-17(15,22-11)12(19)21-6/h7-8,10-11,20H,9H2,1-6H3/t10?,11-,14-,15?,16?,17+/m1/s1. The summed E-state index contributed by atoms with van der Waals surface area (Å²) in [5, 5.41) is 11.3. The number of esters is 1. The van der Waals surface area contributed by atoms with Gasteiger partial charge < -0.3 is 14.6 Å². The molecule has 0 amide bonds. The van der Waals surface area contributed by atoms with E-state index in [1.54, 1.807) is 0 Å². The van der Waals surface area contributed by atoms with E-state index in [4.69, 9.17) is 9.47 Å². The van der Waals surface area contributed by atoms with Gasteiger partial charge in [0.1, 0.15) is 6.10 Å². The van der Waals surface area contributed by atoms with Crippen LogP contribution in [0.15, 0.2) is 12.2 Å². The fourth-order valence-electron chi connectivity index (χ4n) is 5.39. The van der Waals surface area contributed by atoms with Crippen molar-refractivity contribution >= 4 is 21.9 Å². The van der Waals surface area contributed by atoms with E-state index in [-0.39, 0.29) is 28.8 Å². The highest BCUT2D eigenvalue weighted by atomic mass is 79.9. The Kier molecular flexibility index (Phi) is 3.12. The topological polar surface area (TPSA) is 59.1 Å². The Morgan fingerprint density at radius 2 is 2.00 bits per heavy atom. The lowest BCUT2D eigenvalue weighted by molar-refractivity contribution is -0.187. The quantitative estimate of drug-likeness (QED) is 0.358. The van der Waals surface area contributed by atoms with E-state index in [9.17, 15) is 9.90 Å². The van der Waals surface area contributed by atoms with Crippen molar-refractivity contribution in [2.24, 2.45) is 22.2 Å². The molecule has 3 aliphatic rings. The van der Waals surface area contributed by atoms with Gasteiger partial charge in [0, 0.05) is 22.1 Å². The fourth-order valence-corrected chi connectivity index (χ4v) is 5.74. The molecular formula is C17H25BrO4. The first kappa shape index (κ1) is 16.5. The van der Waals surface area contributed by atoms with Crippen molar-refractivity contribution in [1.82, 2.24) is 0 Å². The third-order valence-electron chi connectivity index (χ3n) is 7.16. The molecule has 6 atom stereocenters. The average Bonchev–Trinajstić information content (AvgIpc) is 3.18. The third-order valence-corrected chi connectivity index (χ3v) is 8.29. The molecule has 3 rings (SSSR count). The molecule has 1 heterocycles. The summed E-state index contributed by atoms with van der Waals surface area (Å²) in [6, 6.07) is 0. The number of hydrogen-bond acceptors (Lipinski definition) is 4. The van der Waals surface area contributed by atoms with Crippen LogP contribution in [0, 0.1) is 22.2 Å². The van der Waals surface area contributed by atoms with Gasteiger partial charge in [0.05, 0.1) is 12.7 Å². The molecule has 1 saturated carbocycles. The second kappa shape index (κ2) is 4.17. The maximum Gasteiger partial charge on any atom is 0.341 e. The summed E-state index contributed by atoms with van der Waals surface area (Å²) in [7, 11) is 1.41. The molecule has 0 aromatic rings. The van der Waals surface area contributed by atoms with Gasteiger partial charge in [-0.2, -0.15) is 0 Å². The van der Waals surface area contributed by atoms with Crippen molar-refractivity contribution in [2.75, 3.05) is 12.4 Å². The number of carbonyl (C=O) groups is 1. The molecule has 2 fully saturated rings. The molecule has 1 N–H and O–H groups in total. The lowest BCUT2D eigenvalue weighted by Crippen LogP contribution is -2.74. The van der Waals surface area contributed by atoms with E-state index in [1.165, 1.54) is 7.11 Å². The van der Waals surface area contributed by atoms with Crippen LogP contribution in [-0.2, 0) is 14.3 Å². The monoisotopic (exact) mass is 372 g/mol. The van der Waals surface area contributed by atoms with Gasteiger partial charge >= 0.3 is 5.97 Å². The van der Waals surface area contributed by atoms with Gasteiger partial charge in [-0.1, -0.05) is 55.8 Å². The molecule has 0 aromatic heterocycles. The molecule has 4 nitrogen and oxygen atoms in total. The smallest absolute Gasteiger partial charge is 0.341 e. The van der Waals surface area contributed by atoms with E-state index < -0.39 is 16.6 Å². The molecule has 0 spiro atoms. The first-order chi connectivity index (χ1) is 9.97. The van der Waals surface area contributed by atoms with Crippen LogP contribution in [0.2, 0.25) is 0 Å². The van der Waals surface area contributed by atoms with Gasteiger partial charge in [-0.25, -0.2) is 4.79 Å². The molecule has 124 valence electrons. The molecule has 1 saturated heterocycles. The molecule has 1 aliphatic heterocycles. The first-order valence-corrected chi connectivity index (χ1v) is 8.83. The van der Waals surface area contributed by atoms with E-state index in [0.29, 0.717) is 5.33 Å². The molecule has 0 aromatic carbocycles. The summed E-state index contributed by atoms with van der Waals surface area (Å²) in [6.45, 7) is 10.4. The van der Waals surface area contributed by atoms with Crippen LogP contribution >= 0.6 is 15.9 Å². The number of halogens is 1. The minimum Gasteiger partial charge on any atom is -0.467 e. The van der Waals surface area contributed by atoms with Gasteiger partial charge in [0.2, 0.25) is 5.60 Å². The van der Waals surface area contributed by atoms with Gasteiger partial charge in [-0.15, -0.1) is 0 Å². The van der Waals surface area contributed by atoms with E-state index in [1.807, 2.05) is 6.92 Å². The lowest BCUT2D eigenvalue weighted by atomic mass is 9.33. The van der Waals surface area contributed by atoms with Crippen LogP contribution in [0.5, 0.6) is 0 Å². The molecule has 3 unspecified atom stereocenters. The summed E-state index contributed by atoms with van der Waals surface area (Å²) in [5.41, 5.74) is -2.58.